The second-order valence-electron chi connectivity index (χ2n) is 6.16. The topological polar surface area (TPSA) is 126 Å². The number of rotatable bonds is 5. The molecule has 9 heteroatoms. The van der Waals surface area contributed by atoms with Crippen LogP contribution in [0, 0.1) is 18.3 Å². The van der Waals surface area contributed by atoms with Gasteiger partial charge in [-0.05, 0) is 31.5 Å². The molecule has 1 aromatic heterocycles. The second-order valence-corrected chi connectivity index (χ2v) is 7.16. The summed E-state index contributed by atoms with van der Waals surface area (Å²) >= 11 is 0.954. The Balaban J connectivity index is 2.09. The van der Waals surface area contributed by atoms with Gasteiger partial charge in [0.25, 0.3) is 5.91 Å². The van der Waals surface area contributed by atoms with Gasteiger partial charge in [-0.25, -0.2) is 4.79 Å². The Kier molecular flexibility index (Phi) is 5.66. The molecular formula is C20H18N4O4S. The molecule has 29 heavy (non-hydrogen) atoms. The number of hydrogen-bond acceptors (Lipinski definition) is 7. The van der Waals surface area contributed by atoms with Gasteiger partial charge < -0.3 is 15.8 Å². The predicted octanol–water partition coefficient (Wildman–Crippen LogP) is 2.92. The Hall–Kier alpha value is -3.64. The fraction of sp³-hybridized carbons (Fsp3) is 0.200. The van der Waals surface area contributed by atoms with Crippen molar-refractivity contribution in [2.45, 2.75) is 20.3 Å². The summed E-state index contributed by atoms with van der Waals surface area (Å²) in [6.45, 7) is 3.39. The summed E-state index contributed by atoms with van der Waals surface area (Å²) in [5.74, 6) is -1.58. The van der Waals surface area contributed by atoms with Crippen molar-refractivity contribution >= 4 is 39.8 Å². The summed E-state index contributed by atoms with van der Waals surface area (Å²) in [7, 11) is 0. The molecule has 0 spiro atoms. The van der Waals surface area contributed by atoms with Gasteiger partial charge in [0.1, 0.15) is 10.8 Å². The van der Waals surface area contributed by atoms with Crippen molar-refractivity contribution in [2.24, 2.45) is 5.73 Å². The Morgan fingerprint density at radius 3 is 2.62 bits per heavy atom. The number of ether oxygens (including phenoxy) is 1. The Morgan fingerprint density at radius 1 is 1.34 bits per heavy atom. The van der Waals surface area contributed by atoms with Crippen molar-refractivity contribution < 1.29 is 19.1 Å². The minimum atomic E-state index is -0.666. The van der Waals surface area contributed by atoms with Crippen LogP contribution in [0.4, 0.5) is 10.7 Å². The monoisotopic (exact) mass is 410 g/mol. The van der Waals surface area contributed by atoms with Crippen LogP contribution in [0.2, 0.25) is 0 Å². The molecule has 2 amide bonds. The zero-order valence-electron chi connectivity index (χ0n) is 15.8. The SMILES string of the molecule is CCOC(=O)c1c(N2C(=O)CC(C#N)=C2N)sc(C(=O)Nc2ccccc2)c1C. The van der Waals surface area contributed by atoms with Gasteiger partial charge in [-0.1, -0.05) is 18.2 Å². The highest BCUT2D eigenvalue weighted by Crippen LogP contribution is 2.40. The lowest BCUT2D eigenvalue weighted by Gasteiger charge is -2.17. The molecule has 8 nitrogen and oxygen atoms in total. The van der Waals surface area contributed by atoms with E-state index in [-0.39, 0.29) is 39.9 Å². The van der Waals surface area contributed by atoms with E-state index in [9.17, 15) is 19.6 Å². The standard InChI is InChI=1S/C20H18N4O4S/c1-3-28-20(27)15-11(2)16(18(26)23-13-7-5-4-6-8-13)29-19(15)24-14(25)9-12(10-21)17(24)22/h4-8H,3,9,22H2,1-2H3,(H,23,26). The van der Waals surface area contributed by atoms with Crippen LogP contribution in [0.5, 0.6) is 0 Å². The average Bonchev–Trinajstić information content (AvgIpc) is 3.18. The molecular weight excluding hydrogens is 392 g/mol. The molecule has 0 aliphatic carbocycles. The van der Waals surface area contributed by atoms with Crippen molar-refractivity contribution in [2.75, 3.05) is 16.8 Å². The van der Waals surface area contributed by atoms with Crippen LogP contribution < -0.4 is 16.0 Å². The van der Waals surface area contributed by atoms with Crippen LogP contribution in [0.3, 0.4) is 0 Å². The lowest BCUT2D eigenvalue weighted by molar-refractivity contribution is -0.116. The van der Waals surface area contributed by atoms with E-state index in [2.05, 4.69) is 5.32 Å². The molecule has 0 unspecified atom stereocenters. The Labute approximate surface area is 171 Å². The van der Waals surface area contributed by atoms with Gasteiger partial charge in [0.05, 0.1) is 35.1 Å². The summed E-state index contributed by atoms with van der Waals surface area (Å²) in [5.41, 5.74) is 7.15. The van der Waals surface area contributed by atoms with E-state index in [1.807, 2.05) is 12.1 Å². The molecule has 0 atom stereocenters. The number of esters is 1. The number of carbonyl (C=O) groups excluding carboxylic acids is 3. The first-order valence-electron chi connectivity index (χ1n) is 8.77. The molecule has 148 valence electrons. The van der Waals surface area contributed by atoms with Crippen LogP contribution in [-0.4, -0.2) is 24.4 Å². The highest BCUT2D eigenvalue weighted by atomic mass is 32.1. The van der Waals surface area contributed by atoms with E-state index in [4.69, 9.17) is 10.5 Å². The largest absolute Gasteiger partial charge is 0.462 e. The fourth-order valence-electron chi connectivity index (χ4n) is 2.93. The first-order valence-corrected chi connectivity index (χ1v) is 9.59. The molecule has 0 saturated heterocycles. The number of nitrogens with two attached hydrogens (primary N) is 1. The summed E-state index contributed by atoms with van der Waals surface area (Å²) in [4.78, 5) is 39.3. The Morgan fingerprint density at radius 2 is 2.03 bits per heavy atom. The lowest BCUT2D eigenvalue weighted by atomic mass is 10.1. The number of benzene rings is 1. The minimum Gasteiger partial charge on any atom is -0.462 e. The molecule has 2 aromatic rings. The Bertz CT molecular complexity index is 1070. The van der Waals surface area contributed by atoms with Crippen molar-refractivity contribution in [3.63, 3.8) is 0 Å². The maximum Gasteiger partial charge on any atom is 0.341 e. The van der Waals surface area contributed by atoms with Gasteiger partial charge in [-0.15, -0.1) is 11.3 Å². The predicted molar refractivity (Wildman–Crippen MR) is 108 cm³/mol. The summed E-state index contributed by atoms with van der Waals surface area (Å²) in [5, 5.41) is 12.1. The number of nitrogens with one attached hydrogen (secondary N) is 1. The van der Waals surface area contributed by atoms with E-state index in [1.54, 1.807) is 38.1 Å². The normalized spacial score (nSPS) is 13.4. The van der Waals surface area contributed by atoms with Gasteiger partial charge in [0.15, 0.2) is 0 Å². The van der Waals surface area contributed by atoms with Crippen LogP contribution >= 0.6 is 11.3 Å². The van der Waals surface area contributed by atoms with Crippen LogP contribution in [-0.2, 0) is 9.53 Å². The number of nitriles is 1. The zero-order chi connectivity index (χ0) is 21.1. The van der Waals surface area contributed by atoms with E-state index in [1.165, 1.54) is 0 Å². The molecule has 2 heterocycles. The summed E-state index contributed by atoms with van der Waals surface area (Å²) < 4.78 is 5.12. The van der Waals surface area contributed by atoms with Crippen molar-refractivity contribution in [1.82, 2.24) is 0 Å². The average molecular weight is 410 g/mol. The number of anilines is 2. The molecule has 0 radical (unpaired) electrons. The summed E-state index contributed by atoms with van der Waals surface area (Å²) in [6, 6.07) is 10.8. The van der Waals surface area contributed by atoms with E-state index >= 15 is 0 Å². The molecule has 0 fully saturated rings. The third kappa shape index (κ3) is 3.70. The highest BCUT2D eigenvalue weighted by Gasteiger charge is 2.36. The first-order chi connectivity index (χ1) is 13.9. The zero-order valence-corrected chi connectivity index (χ0v) is 16.6. The van der Waals surface area contributed by atoms with Crippen LogP contribution in [0.15, 0.2) is 41.7 Å². The highest BCUT2D eigenvalue weighted by molar-refractivity contribution is 7.19. The maximum atomic E-state index is 12.8. The van der Waals surface area contributed by atoms with Gasteiger partial charge in [-0.2, -0.15) is 5.26 Å². The molecule has 1 aromatic carbocycles. The van der Waals surface area contributed by atoms with Crippen molar-refractivity contribution in [3.05, 3.63) is 57.7 Å². The lowest BCUT2D eigenvalue weighted by Crippen LogP contribution is -2.29. The van der Waals surface area contributed by atoms with Crippen LogP contribution in [0.1, 0.15) is 38.9 Å². The van der Waals surface area contributed by atoms with Gasteiger partial charge >= 0.3 is 5.97 Å². The van der Waals surface area contributed by atoms with Gasteiger partial charge in [-0.3, -0.25) is 14.5 Å². The molecule has 3 N–H and O–H groups in total. The fourth-order valence-corrected chi connectivity index (χ4v) is 4.16. The maximum absolute atomic E-state index is 12.8. The molecule has 0 bridgehead atoms. The number of para-hydroxylation sites is 1. The number of amides is 2. The first kappa shape index (κ1) is 20.1. The second kappa shape index (κ2) is 8.16. The molecule has 1 aliphatic rings. The molecule has 3 rings (SSSR count). The third-order valence-electron chi connectivity index (χ3n) is 4.31. The quantitative estimate of drug-likeness (QED) is 0.730. The number of thiophene rings is 1. The number of carbonyl (C=O) groups is 3. The molecule has 0 saturated carbocycles. The summed E-state index contributed by atoms with van der Waals surface area (Å²) in [6.07, 6.45) is -0.160. The third-order valence-corrected chi connectivity index (χ3v) is 5.59. The number of nitrogens with zero attached hydrogens (tertiary/aromatic N) is 2. The molecule has 1 aliphatic heterocycles. The van der Waals surface area contributed by atoms with Gasteiger partial charge in [0, 0.05) is 5.69 Å². The van der Waals surface area contributed by atoms with E-state index in [0.29, 0.717) is 11.3 Å². The van der Waals surface area contributed by atoms with Crippen LogP contribution in [0.25, 0.3) is 0 Å². The minimum absolute atomic E-state index is 0.0423. The van der Waals surface area contributed by atoms with Crippen molar-refractivity contribution in [1.29, 1.82) is 5.26 Å². The van der Waals surface area contributed by atoms with E-state index in [0.717, 1.165) is 16.2 Å². The van der Waals surface area contributed by atoms with E-state index < -0.39 is 17.8 Å². The van der Waals surface area contributed by atoms with Gasteiger partial charge in [0.2, 0.25) is 5.91 Å². The number of hydrogen-bond donors (Lipinski definition) is 2. The smallest absolute Gasteiger partial charge is 0.341 e. The van der Waals surface area contributed by atoms with Crippen molar-refractivity contribution in [3.8, 4) is 6.07 Å².